The molecule has 0 aromatic heterocycles. The van der Waals surface area contributed by atoms with Crippen molar-refractivity contribution in [3.05, 3.63) is 47.7 Å². The minimum Gasteiger partial charge on any atom is -0.379 e. The third kappa shape index (κ3) is 5.25. The summed E-state index contributed by atoms with van der Waals surface area (Å²) in [7, 11) is 0. The van der Waals surface area contributed by atoms with E-state index in [-0.39, 0.29) is 18.2 Å². The molecule has 11 heteroatoms. The Morgan fingerprint density at radius 2 is 1.88 bits per heavy atom. The molecule has 0 aliphatic carbocycles. The van der Waals surface area contributed by atoms with E-state index < -0.39 is 47.5 Å². The molecule has 5 nitrogen and oxygen atoms in total. The molecule has 2 aliphatic heterocycles. The Hall–Kier alpha value is -2.56. The number of carbonyl (C=O) groups excluding carboxylic acids is 1. The van der Waals surface area contributed by atoms with Gasteiger partial charge in [-0.05, 0) is 43.9 Å². The summed E-state index contributed by atoms with van der Waals surface area (Å²) in [6, 6.07) is 1.16. The van der Waals surface area contributed by atoms with Crippen LogP contribution >= 0.6 is 0 Å². The van der Waals surface area contributed by atoms with Gasteiger partial charge in [0.15, 0.2) is 0 Å². The Labute approximate surface area is 180 Å². The number of ether oxygens (including phenoxy) is 1. The van der Waals surface area contributed by atoms with Crippen LogP contribution in [0, 0.1) is 5.41 Å². The third-order valence-electron chi connectivity index (χ3n) is 5.65. The molecular formula is C21H23F6N3O2. The van der Waals surface area contributed by atoms with Crippen molar-refractivity contribution in [3.8, 4) is 0 Å². The number of allylic oxidation sites excluding steroid dienone is 1. The molecule has 2 N–H and O–H groups in total. The quantitative estimate of drug-likeness (QED) is 0.607. The average molecular weight is 463 g/mol. The zero-order valence-corrected chi connectivity index (χ0v) is 17.2. The molecule has 2 aliphatic rings. The fraction of sp³-hybridized carbons (Fsp3) is 0.524. The lowest BCUT2D eigenvalue weighted by atomic mass is 9.75. The molecule has 1 aromatic rings. The average Bonchev–Trinajstić information content (AvgIpc) is 2.72. The van der Waals surface area contributed by atoms with Crippen LogP contribution in [0.5, 0.6) is 0 Å². The maximum absolute atomic E-state index is 14.0. The molecule has 1 fully saturated rings. The number of rotatable bonds is 4. The first-order chi connectivity index (χ1) is 14.9. The van der Waals surface area contributed by atoms with Gasteiger partial charge in [0.05, 0.1) is 30.0 Å². The van der Waals surface area contributed by atoms with E-state index >= 15 is 0 Å². The van der Waals surface area contributed by atoms with Crippen LogP contribution in [-0.2, 0) is 10.9 Å². The highest BCUT2D eigenvalue weighted by atomic mass is 19.4. The second-order valence-corrected chi connectivity index (χ2v) is 8.02. The largest absolute Gasteiger partial charge is 0.416 e. The van der Waals surface area contributed by atoms with Gasteiger partial charge in [-0.3, -0.25) is 4.99 Å². The summed E-state index contributed by atoms with van der Waals surface area (Å²) in [5.74, 6) is 0. The summed E-state index contributed by atoms with van der Waals surface area (Å²) in [5, 5.41) is 5.13. The van der Waals surface area contributed by atoms with E-state index in [4.69, 9.17) is 4.74 Å². The summed E-state index contributed by atoms with van der Waals surface area (Å²) < 4.78 is 86.1. The number of amides is 2. The zero-order chi connectivity index (χ0) is 23.6. The summed E-state index contributed by atoms with van der Waals surface area (Å²) in [6.07, 6.45) is -5.89. The van der Waals surface area contributed by atoms with Gasteiger partial charge < -0.3 is 15.4 Å². The second kappa shape index (κ2) is 9.13. The third-order valence-corrected chi connectivity index (χ3v) is 5.65. The van der Waals surface area contributed by atoms with Gasteiger partial charge in [0.1, 0.15) is 5.41 Å². The smallest absolute Gasteiger partial charge is 0.379 e. The van der Waals surface area contributed by atoms with Crippen LogP contribution in [0.25, 0.3) is 0 Å². The molecule has 32 heavy (non-hydrogen) atoms. The van der Waals surface area contributed by atoms with Crippen molar-refractivity contribution in [1.82, 2.24) is 10.6 Å². The van der Waals surface area contributed by atoms with Crippen LogP contribution in [0.1, 0.15) is 43.4 Å². The number of alkyl halides is 6. The lowest BCUT2D eigenvalue weighted by Gasteiger charge is -2.38. The van der Waals surface area contributed by atoms with E-state index in [9.17, 15) is 31.1 Å². The van der Waals surface area contributed by atoms with Crippen molar-refractivity contribution in [2.45, 2.75) is 50.6 Å². The Morgan fingerprint density at radius 1 is 1.19 bits per heavy atom. The molecule has 2 heterocycles. The fourth-order valence-corrected chi connectivity index (χ4v) is 3.71. The lowest BCUT2D eigenvalue weighted by Crippen LogP contribution is -2.52. The van der Waals surface area contributed by atoms with Gasteiger partial charge >= 0.3 is 18.4 Å². The number of aliphatic imine (C=N–C) groups is 1. The number of urea groups is 1. The van der Waals surface area contributed by atoms with Crippen molar-refractivity contribution in [2.75, 3.05) is 13.2 Å². The number of benzene rings is 1. The highest BCUT2D eigenvalue weighted by molar-refractivity contribution is 5.99. The van der Waals surface area contributed by atoms with Crippen LogP contribution in [-0.4, -0.2) is 37.2 Å². The molecule has 176 valence electrons. The summed E-state index contributed by atoms with van der Waals surface area (Å²) >= 11 is 0. The van der Waals surface area contributed by atoms with Crippen LogP contribution in [0.4, 0.5) is 31.1 Å². The normalized spacial score (nSPS) is 25.1. The molecule has 3 rings (SSSR count). The molecule has 2 unspecified atom stereocenters. The molecule has 3 atom stereocenters. The van der Waals surface area contributed by atoms with Crippen LogP contribution < -0.4 is 10.6 Å². The number of hydrogen-bond donors (Lipinski definition) is 2. The standard InChI is InChI=1S/C21H23F6N3O2/c1-19(21(25,26)27)9-3-10-28-17(19)16(13-5-7-14(8-6-13)20(22,23)24)30-18(31)29-15-4-2-11-32-12-15/h3,5-8,10,15-16H,2,4,9,11-12H2,1H3,(H2,29,30,31)/t15?,16-,19?/m0/s1. The monoisotopic (exact) mass is 463 g/mol. The van der Waals surface area contributed by atoms with Crippen molar-refractivity contribution >= 4 is 11.7 Å². The first-order valence-corrected chi connectivity index (χ1v) is 10.0. The Kier molecular flexibility index (Phi) is 6.87. The van der Waals surface area contributed by atoms with E-state index in [1.54, 1.807) is 0 Å². The number of carbonyl (C=O) groups is 1. The SMILES string of the molecule is CC1(C(F)(F)F)CC=CN=C1[C@@H](NC(=O)NC1CCCOC1)c1ccc(C(F)(F)F)cc1. The van der Waals surface area contributed by atoms with Gasteiger partial charge in [-0.15, -0.1) is 0 Å². The Morgan fingerprint density at radius 3 is 2.44 bits per heavy atom. The number of nitrogens with zero attached hydrogens (tertiary/aromatic N) is 1. The summed E-state index contributed by atoms with van der Waals surface area (Å²) in [4.78, 5) is 16.5. The van der Waals surface area contributed by atoms with Gasteiger partial charge in [-0.25, -0.2) is 4.79 Å². The van der Waals surface area contributed by atoms with Gasteiger partial charge in [0.25, 0.3) is 0 Å². The molecular weight excluding hydrogens is 440 g/mol. The van der Waals surface area contributed by atoms with Crippen molar-refractivity contribution in [1.29, 1.82) is 0 Å². The van der Waals surface area contributed by atoms with Gasteiger partial charge in [0.2, 0.25) is 0 Å². The van der Waals surface area contributed by atoms with E-state index in [1.165, 1.54) is 12.3 Å². The highest BCUT2D eigenvalue weighted by Gasteiger charge is 2.56. The molecule has 0 saturated carbocycles. The minimum atomic E-state index is -4.70. The molecule has 1 aromatic carbocycles. The zero-order valence-electron chi connectivity index (χ0n) is 17.2. The predicted octanol–water partition coefficient (Wildman–Crippen LogP) is 5.15. The highest BCUT2D eigenvalue weighted by Crippen LogP contribution is 2.47. The maximum Gasteiger partial charge on any atom is 0.416 e. The van der Waals surface area contributed by atoms with Crippen molar-refractivity contribution < 1.29 is 35.9 Å². The number of halogens is 6. The Bertz CT molecular complexity index is 873. The minimum absolute atomic E-state index is 0.0533. The van der Waals surface area contributed by atoms with E-state index in [2.05, 4.69) is 15.6 Å². The second-order valence-electron chi connectivity index (χ2n) is 8.02. The topological polar surface area (TPSA) is 62.7 Å². The van der Waals surface area contributed by atoms with E-state index in [0.29, 0.717) is 13.0 Å². The molecule has 0 spiro atoms. The summed E-state index contributed by atoms with van der Waals surface area (Å²) in [6.45, 7) is 1.78. The van der Waals surface area contributed by atoms with Gasteiger partial charge in [-0.2, -0.15) is 26.3 Å². The molecule has 1 saturated heterocycles. The van der Waals surface area contributed by atoms with Gasteiger partial charge in [0, 0.05) is 12.8 Å². The van der Waals surface area contributed by atoms with E-state index in [0.717, 1.165) is 37.6 Å². The number of hydrogen-bond acceptors (Lipinski definition) is 3. The lowest BCUT2D eigenvalue weighted by molar-refractivity contribution is -0.192. The van der Waals surface area contributed by atoms with Crippen LogP contribution in [0.2, 0.25) is 0 Å². The van der Waals surface area contributed by atoms with E-state index in [1.807, 2.05) is 0 Å². The number of nitrogens with one attached hydrogen (secondary N) is 2. The van der Waals surface area contributed by atoms with Gasteiger partial charge in [-0.1, -0.05) is 18.2 Å². The summed E-state index contributed by atoms with van der Waals surface area (Å²) in [5.41, 5.74) is -3.70. The van der Waals surface area contributed by atoms with Crippen LogP contribution in [0.3, 0.4) is 0 Å². The molecule has 0 radical (unpaired) electrons. The van der Waals surface area contributed by atoms with Crippen LogP contribution in [0.15, 0.2) is 41.5 Å². The molecule has 2 amide bonds. The molecule has 0 bridgehead atoms. The van der Waals surface area contributed by atoms with Crippen molar-refractivity contribution in [2.24, 2.45) is 10.4 Å². The predicted molar refractivity (Wildman–Crippen MR) is 105 cm³/mol. The Balaban J connectivity index is 1.94. The maximum atomic E-state index is 14.0. The van der Waals surface area contributed by atoms with Crippen molar-refractivity contribution in [3.63, 3.8) is 0 Å². The fourth-order valence-electron chi connectivity index (χ4n) is 3.71. The first-order valence-electron chi connectivity index (χ1n) is 10.0. The first kappa shape index (κ1) is 24.1.